The van der Waals surface area contributed by atoms with Gasteiger partial charge in [0, 0.05) is 13.2 Å². The van der Waals surface area contributed by atoms with Crippen molar-refractivity contribution in [3.05, 3.63) is 29.8 Å². The summed E-state index contributed by atoms with van der Waals surface area (Å²) in [5.74, 6) is 1.01. The fourth-order valence-electron chi connectivity index (χ4n) is 2.32. The van der Waals surface area contributed by atoms with Gasteiger partial charge >= 0.3 is 0 Å². The van der Waals surface area contributed by atoms with Gasteiger partial charge in [0.1, 0.15) is 5.75 Å². The Balaban J connectivity index is 1.47. The van der Waals surface area contributed by atoms with Crippen LogP contribution in [0, 0.1) is 6.92 Å². The van der Waals surface area contributed by atoms with E-state index in [4.69, 9.17) is 9.47 Å². The Labute approximate surface area is 116 Å². The number of hydrogen-bond acceptors (Lipinski definition) is 3. The third-order valence-electron chi connectivity index (χ3n) is 3.50. The number of benzene rings is 1. The normalized spacial score (nSPS) is 18.7. The molecule has 1 heterocycles. The highest BCUT2D eigenvalue weighted by Gasteiger charge is 2.13. The second-order valence-corrected chi connectivity index (χ2v) is 5.16. The lowest BCUT2D eigenvalue weighted by Crippen LogP contribution is -2.27. The quantitative estimate of drug-likeness (QED) is 0.732. The maximum absolute atomic E-state index is 5.76. The number of hydrogen-bond donors (Lipinski definition) is 1. The predicted octanol–water partition coefficient (Wildman–Crippen LogP) is 2.92. The van der Waals surface area contributed by atoms with E-state index in [2.05, 4.69) is 18.3 Å². The van der Waals surface area contributed by atoms with Crippen LogP contribution in [0.1, 0.15) is 31.2 Å². The van der Waals surface area contributed by atoms with E-state index in [1.54, 1.807) is 0 Å². The predicted molar refractivity (Wildman–Crippen MR) is 77.8 cm³/mol. The molecule has 0 bridgehead atoms. The lowest BCUT2D eigenvalue weighted by molar-refractivity contribution is 0.110. The highest BCUT2D eigenvalue weighted by molar-refractivity contribution is 5.31. The first kappa shape index (κ1) is 14.4. The second-order valence-electron chi connectivity index (χ2n) is 5.16. The monoisotopic (exact) mass is 263 g/mol. The highest BCUT2D eigenvalue weighted by atomic mass is 16.5. The van der Waals surface area contributed by atoms with Gasteiger partial charge in [-0.1, -0.05) is 18.2 Å². The van der Waals surface area contributed by atoms with Crippen LogP contribution >= 0.6 is 0 Å². The van der Waals surface area contributed by atoms with Crippen molar-refractivity contribution in [3.63, 3.8) is 0 Å². The molecule has 1 aliphatic rings. The zero-order chi connectivity index (χ0) is 13.3. The van der Waals surface area contributed by atoms with Crippen molar-refractivity contribution in [3.8, 4) is 5.75 Å². The second kappa shape index (κ2) is 8.18. The lowest BCUT2D eigenvalue weighted by atomic mass is 10.2. The van der Waals surface area contributed by atoms with Crippen LogP contribution in [0.25, 0.3) is 0 Å². The van der Waals surface area contributed by atoms with Crippen LogP contribution in [0.3, 0.4) is 0 Å². The third kappa shape index (κ3) is 5.21. The maximum Gasteiger partial charge on any atom is 0.122 e. The smallest absolute Gasteiger partial charge is 0.122 e. The van der Waals surface area contributed by atoms with Crippen molar-refractivity contribution in [1.29, 1.82) is 0 Å². The first-order chi connectivity index (χ1) is 9.36. The number of para-hydroxylation sites is 1. The van der Waals surface area contributed by atoms with Gasteiger partial charge in [0.25, 0.3) is 0 Å². The van der Waals surface area contributed by atoms with Gasteiger partial charge in [-0.05, 0) is 50.8 Å². The molecule has 19 heavy (non-hydrogen) atoms. The molecule has 1 N–H and O–H groups in total. The number of aryl methyl sites for hydroxylation is 1. The Morgan fingerprint density at radius 1 is 1.32 bits per heavy atom. The Bertz CT molecular complexity index is 362. The summed E-state index contributed by atoms with van der Waals surface area (Å²) in [4.78, 5) is 0. The molecule has 0 saturated carbocycles. The molecule has 3 heteroatoms. The lowest BCUT2D eigenvalue weighted by Gasteiger charge is -2.11. The Morgan fingerprint density at radius 2 is 2.21 bits per heavy atom. The summed E-state index contributed by atoms with van der Waals surface area (Å²) in [6.07, 6.45) is 5.12. The van der Waals surface area contributed by atoms with Crippen LogP contribution in [0.4, 0.5) is 0 Å². The molecule has 2 rings (SSSR count). The van der Waals surface area contributed by atoms with Crippen LogP contribution in [0.15, 0.2) is 24.3 Å². The summed E-state index contributed by atoms with van der Waals surface area (Å²) < 4.78 is 11.3. The van der Waals surface area contributed by atoms with Crippen molar-refractivity contribution in [1.82, 2.24) is 5.32 Å². The molecule has 0 aliphatic carbocycles. The van der Waals surface area contributed by atoms with Crippen molar-refractivity contribution in [2.24, 2.45) is 0 Å². The molecule has 1 aromatic carbocycles. The van der Waals surface area contributed by atoms with Gasteiger partial charge in [-0.2, -0.15) is 0 Å². The topological polar surface area (TPSA) is 30.5 Å². The van der Waals surface area contributed by atoms with Crippen LogP contribution in [0.2, 0.25) is 0 Å². The Kier molecular flexibility index (Phi) is 6.18. The van der Waals surface area contributed by atoms with Gasteiger partial charge in [-0.15, -0.1) is 0 Å². The van der Waals surface area contributed by atoms with Crippen LogP contribution in [-0.2, 0) is 4.74 Å². The summed E-state index contributed by atoms with van der Waals surface area (Å²) in [5.41, 5.74) is 1.21. The summed E-state index contributed by atoms with van der Waals surface area (Å²) >= 11 is 0. The van der Waals surface area contributed by atoms with Gasteiger partial charge in [0.05, 0.1) is 12.7 Å². The minimum absolute atomic E-state index is 0.447. The number of nitrogens with one attached hydrogen (secondary N) is 1. The van der Waals surface area contributed by atoms with E-state index < -0.39 is 0 Å². The molecule has 0 radical (unpaired) electrons. The van der Waals surface area contributed by atoms with Crippen LogP contribution in [-0.4, -0.2) is 32.4 Å². The summed E-state index contributed by atoms with van der Waals surface area (Å²) in [6.45, 7) is 5.87. The van der Waals surface area contributed by atoms with Gasteiger partial charge < -0.3 is 14.8 Å². The first-order valence-corrected chi connectivity index (χ1v) is 7.37. The van der Waals surface area contributed by atoms with Crippen LogP contribution in [0.5, 0.6) is 5.75 Å². The summed E-state index contributed by atoms with van der Waals surface area (Å²) in [6, 6.07) is 8.17. The molecule has 1 aliphatic heterocycles. The van der Waals surface area contributed by atoms with E-state index in [0.717, 1.165) is 44.9 Å². The Hall–Kier alpha value is -1.06. The Morgan fingerprint density at radius 3 is 3.00 bits per heavy atom. The molecule has 3 nitrogen and oxygen atoms in total. The zero-order valence-corrected chi connectivity index (χ0v) is 11.9. The molecule has 1 atom stereocenters. The summed E-state index contributed by atoms with van der Waals surface area (Å²) in [5, 5.41) is 3.46. The molecule has 1 fully saturated rings. The highest BCUT2D eigenvalue weighted by Crippen LogP contribution is 2.16. The minimum Gasteiger partial charge on any atom is -0.493 e. The average Bonchev–Trinajstić information content (AvgIpc) is 2.93. The van der Waals surface area contributed by atoms with Crippen LogP contribution < -0.4 is 10.1 Å². The largest absolute Gasteiger partial charge is 0.493 e. The van der Waals surface area contributed by atoms with Crippen molar-refractivity contribution in [2.45, 2.75) is 38.7 Å². The van der Waals surface area contributed by atoms with E-state index in [0.29, 0.717) is 6.10 Å². The molecular weight excluding hydrogens is 238 g/mol. The van der Waals surface area contributed by atoms with Crippen molar-refractivity contribution < 1.29 is 9.47 Å². The molecule has 106 valence electrons. The SMILES string of the molecule is Cc1ccccc1OCCCCNCC1CCCO1. The molecule has 1 aromatic rings. The molecule has 0 aromatic heterocycles. The number of ether oxygens (including phenoxy) is 2. The number of unbranched alkanes of at least 4 members (excludes halogenated alkanes) is 1. The van der Waals surface area contributed by atoms with E-state index in [-0.39, 0.29) is 0 Å². The van der Waals surface area contributed by atoms with E-state index in [1.165, 1.54) is 18.4 Å². The van der Waals surface area contributed by atoms with Crippen molar-refractivity contribution in [2.75, 3.05) is 26.3 Å². The van der Waals surface area contributed by atoms with E-state index >= 15 is 0 Å². The van der Waals surface area contributed by atoms with Gasteiger partial charge in [-0.25, -0.2) is 0 Å². The minimum atomic E-state index is 0.447. The third-order valence-corrected chi connectivity index (χ3v) is 3.50. The van der Waals surface area contributed by atoms with Gasteiger partial charge in [0.15, 0.2) is 0 Å². The van der Waals surface area contributed by atoms with Gasteiger partial charge in [0.2, 0.25) is 0 Å². The molecule has 1 unspecified atom stereocenters. The standard InChI is InChI=1S/C16H25NO2/c1-14-7-2-3-9-16(14)19-11-5-4-10-17-13-15-8-6-12-18-15/h2-3,7,9,15,17H,4-6,8,10-13H2,1H3. The molecule has 0 amide bonds. The fourth-order valence-corrected chi connectivity index (χ4v) is 2.32. The molecular formula is C16H25NO2. The van der Waals surface area contributed by atoms with Crippen molar-refractivity contribution >= 4 is 0 Å². The van der Waals surface area contributed by atoms with Gasteiger partial charge in [-0.3, -0.25) is 0 Å². The zero-order valence-electron chi connectivity index (χ0n) is 11.9. The van der Waals surface area contributed by atoms with E-state index in [1.807, 2.05) is 18.2 Å². The first-order valence-electron chi connectivity index (χ1n) is 7.37. The molecule has 1 saturated heterocycles. The summed E-state index contributed by atoms with van der Waals surface area (Å²) in [7, 11) is 0. The van der Waals surface area contributed by atoms with E-state index in [9.17, 15) is 0 Å². The average molecular weight is 263 g/mol. The molecule has 0 spiro atoms. The fraction of sp³-hybridized carbons (Fsp3) is 0.625. The maximum atomic E-state index is 5.76. The number of rotatable bonds is 8.